The summed E-state index contributed by atoms with van der Waals surface area (Å²) in [7, 11) is 0. The van der Waals surface area contributed by atoms with Crippen LogP contribution in [0.4, 0.5) is 5.13 Å². The number of carboxylic acids is 1. The van der Waals surface area contributed by atoms with E-state index < -0.39 is 5.97 Å². The molecule has 0 saturated carbocycles. The molecule has 2 rings (SSSR count). The summed E-state index contributed by atoms with van der Waals surface area (Å²) in [6, 6.07) is 8.19. The third-order valence-corrected chi connectivity index (χ3v) is 4.05. The Morgan fingerprint density at radius 2 is 1.86 bits per heavy atom. The van der Waals surface area contributed by atoms with E-state index in [2.05, 4.69) is 34.7 Å². The zero-order chi connectivity index (χ0) is 15.1. The first-order valence-electron chi connectivity index (χ1n) is 7.15. The Hall–Kier alpha value is -1.88. The van der Waals surface area contributed by atoms with E-state index in [4.69, 9.17) is 5.11 Å². The average Bonchev–Trinajstić information content (AvgIpc) is 2.92. The fraction of sp³-hybridized carbons (Fsp3) is 0.375. The number of aromatic nitrogens is 1. The van der Waals surface area contributed by atoms with Crippen molar-refractivity contribution in [3.8, 4) is 0 Å². The number of carboxylic acid groups (broad SMARTS) is 1. The minimum Gasteiger partial charge on any atom is -0.481 e. The van der Waals surface area contributed by atoms with Gasteiger partial charge in [0.1, 0.15) is 0 Å². The van der Waals surface area contributed by atoms with E-state index >= 15 is 0 Å². The molecular formula is C16H20N2O2S. The van der Waals surface area contributed by atoms with Crippen LogP contribution in [0.5, 0.6) is 0 Å². The normalized spacial score (nSPS) is 10.5. The van der Waals surface area contributed by atoms with Gasteiger partial charge in [-0.05, 0) is 37.3 Å². The van der Waals surface area contributed by atoms with Crippen LogP contribution in [0.3, 0.4) is 0 Å². The number of aryl methyl sites for hydroxylation is 3. The van der Waals surface area contributed by atoms with Crippen LogP contribution in [-0.2, 0) is 24.1 Å². The molecule has 0 aliphatic heterocycles. The third-order valence-electron chi connectivity index (χ3n) is 3.20. The van der Waals surface area contributed by atoms with Crippen LogP contribution in [0.1, 0.15) is 30.2 Å². The van der Waals surface area contributed by atoms with Gasteiger partial charge in [-0.1, -0.05) is 24.3 Å². The summed E-state index contributed by atoms with van der Waals surface area (Å²) in [5.41, 5.74) is 3.45. The van der Waals surface area contributed by atoms with E-state index in [1.54, 1.807) is 11.3 Å². The summed E-state index contributed by atoms with van der Waals surface area (Å²) in [6.45, 7) is 2.96. The summed E-state index contributed by atoms with van der Waals surface area (Å²) in [6.07, 6.45) is 2.66. The van der Waals surface area contributed by atoms with Gasteiger partial charge in [-0.2, -0.15) is 0 Å². The van der Waals surface area contributed by atoms with Crippen LogP contribution >= 0.6 is 11.3 Å². The molecule has 0 amide bonds. The lowest BCUT2D eigenvalue weighted by atomic mass is 10.0. The summed E-state index contributed by atoms with van der Waals surface area (Å²) < 4.78 is 0. The van der Waals surface area contributed by atoms with Crippen LogP contribution in [-0.4, -0.2) is 22.6 Å². The molecule has 0 bridgehead atoms. The molecule has 0 radical (unpaired) electrons. The van der Waals surface area contributed by atoms with Crippen LogP contribution < -0.4 is 5.32 Å². The van der Waals surface area contributed by atoms with Crippen molar-refractivity contribution in [1.82, 2.24) is 4.98 Å². The Morgan fingerprint density at radius 1 is 1.19 bits per heavy atom. The van der Waals surface area contributed by atoms with E-state index in [0.717, 1.165) is 35.8 Å². The maximum Gasteiger partial charge on any atom is 0.303 e. The maximum absolute atomic E-state index is 10.5. The van der Waals surface area contributed by atoms with Gasteiger partial charge < -0.3 is 10.4 Å². The van der Waals surface area contributed by atoms with Crippen LogP contribution in [0.15, 0.2) is 29.6 Å². The molecule has 21 heavy (non-hydrogen) atoms. The highest BCUT2D eigenvalue weighted by Crippen LogP contribution is 2.17. The van der Waals surface area contributed by atoms with Crippen molar-refractivity contribution in [3.05, 3.63) is 46.5 Å². The molecule has 1 aromatic heterocycles. The lowest BCUT2D eigenvalue weighted by molar-refractivity contribution is -0.136. The molecule has 112 valence electrons. The van der Waals surface area contributed by atoms with Gasteiger partial charge in [0.2, 0.25) is 0 Å². The zero-order valence-corrected chi connectivity index (χ0v) is 12.9. The monoisotopic (exact) mass is 304 g/mol. The quantitative estimate of drug-likeness (QED) is 0.785. The maximum atomic E-state index is 10.5. The Labute approximate surface area is 128 Å². The van der Waals surface area contributed by atoms with E-state index in [-0.39, 0.29) is 6.42 Å². The second-order valence-corrected chi connectivity index (χ2v) is 5.74. The smallest absolute Gasteiger partial charge is 0.303 e. The van der Waals surface area contributed by atoms with Gasteiger partial charge in [-0.25, -0.2) is 4.98 Å². The molecule has 2 aromatic rings. The van der Waals surface area contributed by atoms with Crippen LogP contribution in [0.25, 0.3) is 0 Å². The highest BCUT2D eigenvalue weighted by Gasteiger charge is 2.03. The molecule has 0 atom stereocenters. The number of hydrogen-bond acceptors (Lipinski definition) is 4. The minimum absolute atomic E-state index is 0.186. The van der Waals surface area contributed by atoms with Crippen molar-refractivity contribution in [1.29, 1.82) is 0 Å². The van der Waals surface area contributed by atoms with Crippen molar-refractivity contribution >= 4 is 22.4 Å². The predicted molar refractivity (Wildman–Crippen MR) is 86.1 cm³/mol. The lowest BCUT2D eigenvalue weighted by Crippen LogP contribution is -1.98. The SMILES string of the molecule is CCNc1nc(CCc2ccc(CCC(=O)O)cc2)cs1. The Kier molecular flexibility index (Phi) is 5.75. The summed E-state index contributed by atoms with van der Waals surface area (Å²) in [4.78, 5) is 15.1. The topological polar surface area (TPSA) is 62.2 Å². The van der Waals surface area contributed by atoms with Crippen molar-refractivity contribution < 1.29 is 9.90 Å². The van der Waals surface area contributed by atoms with Gasteiger partial charge in [0, 0.05) is 18.3 Å². The van der Waals surface area contributed by atoms with E-state index in [0.29, 0.717) is 6.42 Å². The molecule has 0 saturated heterocycles. The lowest BCUT2D eigenvalue weighted by Gasteiger charge is -2.03. The number of aliphatic carboxylic acids is 1. The minimum atomic E-state index is -0.751. The number of benzene rings is 1. The first kappa shape index (κ1) is 15.5. The van der Waals surface area contributed by atoms with Crippen molar-refractivity contribution in [2.45, 2.75) is 32.6 Å². The van der Waals surface area contributed by atoms with E-state index in [1.165, 1.54) is 5.56 Å². The van der Waals surface area contributed by atoms with Crippen LogP contribution in [0, 0.1) is 0 Å². The Bertz CT molecular complexity index is 578. The first-order chi connectivity index (χ1) is 10.2. The fourth-order valence-electron chi connectivity index (χ4n) is 2.05. The number of anilines is 1. The molecule has 2 N–H and O–H groups in total. The molecule has 0 unspecified atom stereocenters. The highest BCUT2D eigenvalue weighted by atomic mass is 32.1. The zero-order valence-electron chi connectivity index (χ0n) is 12.1. The summed E-state index contributed by atoms with van der Waals surface area (Å²) >= 11 is 1.64. The predicted octanol–water partition coefficient (Wildman–Crippen LogP) is 3.38. The Balaban J connectivity index is 1.83. The van der Waals surface area contributed by atoms with Crippen molar-refractivity contribution in [2.24, 2.45) is 0 Å². The molecular weight excluding hydrogens is 284 g/mol. The van der Waals surface area contributed by atoms with Gasteiger partial charge in [0.25, 0.3) is 0 Å². The highest BCUT2D eigenvalue weighted by molar-refractivity contribution is 7.13. The standard InChI is InChI=1S/C16H20N2O2S/c1-2-17-16-18-14(11-21-16)9-7-12-3-5-13(6-4-12)8-10-15(19)20/h3-6,11H,2,7-10H2,1H3,(H,17,18)(H,19,20). The number of nitrogens with zero attached hydrogens (tertiary/aromatic N) is 1. The average molecular weight is 304 g/mol. The third kappa shape index (κ3) is 5.19. The van der Waals surface area contributed by atoms with E-state index in [9.17, 15) is 4.79 Å². The first-order valence-corrected chi connectivity index (χ1v) is 8.03. The van der Waals surface area contributed by atoms with Gasteiger partial charge in [-0.15, -0.1) is 11.3 Å². The van der Waals surface area contributed by atoms with E-state index in [1.807, 2.05) is 12.1 Å². The Morgan fingerprint density at radius 3 is 2.48 bits per heavy atom. The molecule has 4 nitrogen and oxygen atoms in total. The molecule has 0 spiro atoms. The molecule has 0 aliphatic rings. The molecule has 0 aliphatic carbocycles. The fourth-order valence-corrected chi connectivity index (χ4v) is 2.87. The summed E-state index contributed by atoms with van der Waals surface area (Å²) in [5.74, 6) is -0.751. The number of thiazole rings is 1. The molecule has 1 aromatic carbocycles. The second-order valence-electron chi connectivity index (χ2n) is 4.88. The van der Waals surface area contributed by atoms with Crippen molar-refractivity contribution in [3.63, 3.8) is 0 Å². The van der Waals surface area contributed by atoms with Gasteiger partial charge >= 0.3 is 5.97 Å². The van der Waals surface area contributed by atoms with Crippen molar-refractivity contribution in [2.75, 3.05) is 11.9 Å². The van der Waals surface area contributed by atoms with Gasteiger partial charge in [0.05, 0.1) is 5.69 Å². The summed E-state index contributed by atoms with van der Waals surface area (Å²) in [5, 5.41) is 15.0. The largest absolute Gasteiger partial charge is 0.481 e. The second kappa shape index (κ2) is 7.78. The van der Waals surface area contributed by atoms with Gasteiger partial charge in [0.15, 0.2) is 5.13 Å². The van der Waals surface area contributed by atoms with Gasteiger partial charge in [-0.3, -0.25) is 4.79 Å². The number of carbonyl (C=O) groups is 1. The molecule has 5 heteroatoms. The number of hydrogen-bond donors (Lipinski definition) is 2. The molecule has 0 fully saturated rings. The molecule has 1 heterocycles. The number of rotatable bonds is 8. The van der Waals surface area contributed by atoms with Crippen LogP contribution in [0.2, 0.25) is 0 Å². The number of nitrogens with one attached hydrogen (secondary N) is 1.